The highest BCUT2D eigenvalue weighted by Gasteiger charge is 2.17. The first-order chi connectivity index (χ1) is 11.7. The third-order valence-corrected chi connectivity index (χ3v) is 3.35. The number of methoxy groups -OCH3 is 1. The molecule has 0 bridgehead atoms. The highest BCUT2D eigenvalue weighted by molar-refractivity contribution is 5.90. The molecule has 0 aliphatic carbocycles. The van der Waals surface area contributed by atoms with Crippen LogP contribution in [0.4, 0.5) is 0 Å². The normalized spacial score (nSPS) is 10.4. The Morgan fingerprint density at radius 1 is 1.17 bits per heavy atom. The van der Waals surface area contributed by atoms with E-state index >= 15 is 0 Å². The molecule has 122 valence electrons. The lowest BCUT2D eigenvalue weighted by Crippen LogP contribution is -2.08. The van der Waals surface area contributed by atoms with E-state index in [4.69, 9.17) is 9.15 Å². The molecular weight excluding hydrogens is 312 g/mol. The van der Waals surface area contributed by atoms with Crippen molar-refractivity contribution >= 4 is 11.9 Å². The summed E-state index contributed by atoms with van der Waals surface area (Å²) in [6.45, 7) is -0.0827. The lowest BCUT2D eigenvalue weighted by molar-refractivity contribution is 0.0453. The highest BCUT2D eigenvalue weighted by Crippen LogP contribution is 2.15. The molecule has 0 saturated carbocycles. The van der Waals surface area contributed by atoms with E-state index in [0.29, 0.717) is 11.1 Å². The Bertz CT molecular complexity index is 834. The van der Waals surface area contributed by atoms with Gasteiger partial charge in [0.25, 0.3) is 0 Å². The van der Waals surface area contributed by atoms with Gasteiger partial charge in [-0.15, -0.1) is 0 Å². The average Bonchev–Trinajstić information content (AvgIpc) is 3.30. The van der Waals surface area contributed by atoms with Gasteiger partial charge < -0.3 is 13.9 Å². The smallest absolute Gasteiger partial charge is 0.374 e. The van der Waals surface area contributed by atoms with Crippen molar-refractivity contribution in [2.75, 3.05) is 7.11 Å². The molecule has 3 rings (SSSR count). The highest BCUT2D eigenvalue weighted by atomic mass is 16.5. The van der Waals surface area contributed by atoms with E-state index in [9.17, 15) is 9.59 Å². The van der Waals surface area contributed by atoms with Gasteiger partial charge >= 0.3 is 11.9 Å². The minimum Gasteiger partial charge on any atom is -0.463 e. The Morgan fingerprint density at radius 2 is 1.96 bits per heavy atom. The zero-order valence-electron chi connectivity index (χ0n) is 12.8. The van der Waals surface area contributed by atoms with Crippen molar-refractivity contribution in [1.82, 2.24) is 9.78 Å². The number of furan rings is 1. The van der Waals surface area contributed by atoms with E-state index in [-0.39, 0.29) is 12.4 Å². The molecule has 24 heavy (non-hydrogen) atoms. The van der Waals surface area contributed by atoms with Crippen LogP contribution in [0.25, 0.3) is 5.69 Å². The minimum absolute atomic E-state index is 0.0272. The summed E-state index contributed by atoms with van der Waals surface area (Å²) in [6.07, 6.45) is 4.82. The summed E-state index contributed by atoms with van der Waals surface area (Å²) >= 11 is 0. The summed E-state index contributed by atoms with van der Waals surface area (Å²) in [5, 5.41) is 4.11. The maximum Gasteiger partial charge on any atom is 0.374 e. The number of aromatic nitrogens is 2. The molecule has 0 aliphatic rings. The second-order valence-electron chi connectivity index (χ2n) is 4.84. The molecule has 0 unspecified atom stereocenters. The first-order valence-electron chi connectivity index (χ1n) is 7.11. The number of carbonyl (C=O) groups is 2. The van der Waals surface area contributed by atoms with Gasteiger partial charge in [-0.3, -0.25) is 0 Å². The van der Waals surface area contributed by atoms with Gasteiger partial charge in [-0.1, -0.05) is 0 Å². The first-order valence-corrected chi connectivity index (χ1v) is 7.11. The van der Waals surface area contributed by atoms with Crippen molar-refractivity contribution in [3.8, 4) is 5.69 Å². The Labute approximate surface area is 137 Å². The summed E-state index contributed by atoms with van der Waals surface area (Å²) < 4.78 is 16.5. The third kappa shape index (κ3) is 3.19. The van der Waals surface area contributed by atoms with Gasteiger partial charge in [0.15, 0.2) is 0 Å². The van der Waals surface area contributed by atoms with Crippen LogP contribution in [0, 0.1) is 0 Å². The molecule has 0 amide bonds. The van der Waals surface area contributed by atoms with Gasteiger partial charge in [-0.25, -0.2) is 14.3 Å². The Balaban J connectivity index is 1.65. The van der Waals surface area contributed by atoms with Gasteiger partial charge in [0.2, 0.25) is 5.76 Å². The first kappa shape index (κ1) is 15.5. The molecule has 0 spiro atoms. The molecule has 0 radical (unpaired) electrons. The number of benzene rings is 1. The van der Waals surface area contributed by atoms with Crippen LogP contribution in [-0.4, -0.2) is 28.8 Å². The van der Waals surface area contributed by atoms with Crippen LogP contribution in [0.2, 0.25) is 0 Å². The van der Waals surface area contributed by atoms with E-state index in [1.165, 1.54) is 13.4 Å². The van der Waals surface area contributed by atoms with Gasteiger partial charge in [-0.05, 0) is 36.4 Å². The van der Waals surface area contributed by atoms with Gasteiger partial charge in [0, 0.05) is 18.0 Å². The molecular formula is C17H14N2O5. The standard InChI is InChI=1S/C17H14N2O5/c1-22-17(21)15-13(7-10-23-15)11-24-16(20)12-3-5-14(6-4-12)19-9-2-8-18-19/h2-10H,11H2,1H3. The number of nitrogens with zero attached hydrogens (tertiary/aromatic N) is 2. The van der Waals surface area contributed by atoms with Crippen molar-refractivity contribution < 1.29 is 23.5 Å². The summed E-state index contributed by atoms with van der Waals surface area (Å²) in [5.41, 5.74) is 1.68. The van der Waals surface area contributed by atoms with Crippen molar-refractivity contribution in [3.05, 3.63) is 71.9 Å². The molecule has 2 heterocycles. The van der Waals surface area contributed by atoms with Gasteiger partial charge in [0.1, 0.15) is 6.61 Å². The predicted molar refractivity (Wildman–Crippen MR) is 82.7 cm³/mol. The van der Waals surface area contributed by atoms with Crippen LogP contribution >= 0.6 is 0 Å². The van der Waals surface area contributed by atoms with Crippen LogP contribution < -0.4 is 0 Å². The number of carbonyl (C=O) groups excluding carboxylic acids is 2. The van der Waals surface area contributed by atoms with Crippen molar-refractivity contribution in [2.45, 2.75) is 6.61 Å². The van der Waals surface area contributed by atoms with Crippen LogP contribution in [0.1, 0.15) is 26.5 Å². The molecule has 0 atom stereocenters. The number of ether oxygens (including phenoxy) is 2. The fourth-order valence-electron chi connectivity index (χ4n) is 2.12. The molecule has 0 saturated heterocycles. The fraction of sp³-hybridized carbons (Fsp3) is 0.118. The average molecular weight is 326 g/mol. The Morgan fingerprint density at radius 3 is 2.62 bits per heavy atom. The van der Waals surface area contributed by atoms with Crippen LogP contribution in [0.15, 0.2) is 59.5 Å². The Kier molecular flexibility index (Phi) is 4.42. The van der Waals surface area contributed by atoms with E-state index in [1.54, 1.807) is 47.4 Å². The van der Waals surface area contributed by atoms with E-state index < -0.39 is 11.9 Å². The van der Waals surface area contributed by atoms with Crippen LogP contribution in [-0.2, 0) is 16.1 Å². The van der Waals surface area contributed by atoms with Crippen molar-refractivity contribution in [1.29, 1.82) is 0 Å². The predicted octanol–water partition coefficient (Wildman–Crippen LogP) is 2.61. The van der Waals surface area contributed by atoms with E-state index in [0.717, 1.165) is 5.69 Å². The molecule has 7 nitrogen and oxygen atoms in total. The van der Waals surface area contributed by atoms with E-state index in [2.05, 4.69) is 9.84 Å². The second kappa shape index (κ2) is 6.82. The van der Waals surface area contributed by atoms with Crippen LogP contribution in [0.5, 0.6) is 0 Å². The monoisotopic (exact) mass is 326 g/mol. The second-order valence-corrected chi connectivity index (χ2v) is 4.84. The lowest BCUT2D eigenvalue weighted by Gasteiger charge is -2.06. The number of rotatable bonds is 5. The molecule has 7 heteroatoms. The SMILES string of the molecule is COC(=O)c1occc1COC(=O)c1ccc(-n2cccn2)cc1. The maximum absolute atomic E-state index is 12.1. The minimum atomic E-state index is -0.616. The van der Waals surface area contributed by atoms with Gasteiger partial charge in [0.05, 0.1) is 24.6 Å². The zero-order chi connectivity index (χ0) is 16.9. The van der Waals surface area contributed by atoms with Gasteiger partial charge in [-0.2, -0.15) is 5.10 Å². The fourth-order valence-corrected chi connectivity index (χ4v) is 2.12. The number of hydrogen-bond donors (Lipinski definition) is 0. The van der Waals surface area contributed by atoms with Crippen molar-refractivity contribution in [2.24, 2.45) is 0 Å². The summed E-state index contributed by atoms with van der Waals surface area (Å²) in [4.78, 5) is 23.6. The zero-order valence-corrected chi connectivity index (χ0v) is 12.8. The third-order valence-electron chi connectivity index (χ3n) is 3.35. The molecule has 3 aromatic rings. The topological polar surface area (TPSA) is 83.6 Å². The molecule has 0 N–H and O–H groups in total. The number of hydrogen-bond acceptors (Lipinski definition) is 6. The lowest BCUT2D eigenvalue weighted by atomic mass is 10.2. The molecule has 1 aromatic carbocycles. The quantitative estimate of drug-likeness (QED) is 0.670. The number of esters is 2. The Hall–Kier alpha value is -3.35. The maximum atomic E-state index is 12.1. The largest absolute Gasteiger partial charge is 0.463 e. The summed E-state index contributed by atoms with van der Waals surface area (Å²) in [6, 6.07) is 10.2. The van der Waals surface area contributed by atoms with E-state index in [1.807, 2.05) is 6.07 Å². The summed E-state index contributed by atoms with van der Waals surface area (Å²) in [7, 11) is 1.25. The molecule has 0 fully saturated rings. The van der Waals surface area contributed by atoms with Crippen LogP contribution in [0.3, 0.4) is 0 Å². The molecule has 2 aromatic heterocycles. The van der Waals surface area contributed by atoms with Crippen molar-refractivity contribution in [3.63, 3.8) is 0 Å². The summed E-state index contributed by atoms with van der Waals surface area (Å²) in [5.74, 6) is -1.09. The molecule has 0 aliphatic heterocycles.